The van der Waals surface area contributed by atoms with E-state index in [9.17, 15) is 9.59 Å². The van der Waals surface area contributed by atoms with Crippen LogP contribution in [0.3, 0.4) is 0 Å². The average Bonchev–Trinajstić information content (AvgIpc) is 2.42. The lowest BCUT2D eigenvalue weighted by Crippen LogP contribution is -2.25. The Hall–Kier alpha value is -1.73. The first kappa shape index (κ1) is 14.7. The summed E-state index contributed by atoms with van der Waals surface area (Å²) in [5, 5.41) is 6.77. The molecule has 0 saturated heterocycles. The summed E-state index contributed by atoms with van der Waals surface area (Å²) in [6.45, 7) is 0.524. The van der Waals surface area contributed by atoms with Gasteiger partial charge < -0.3 is 4.74 Å². The van der Waals surface area contributed by atoms with Crippen LogP contribution in [0.4, 0.5) is 0 Å². The molecule has 106 valence electrons. The van der Waals surface area contributed by atoms with Gasteiger partial charge in [-0.3, -0.25) is 9.78 Å². The van der Waals surface area contributed by atoms with E-state index in [0.717, 1.165) is 12.2 Å². The van der Waals surface area contributed by atoms with Gasteiger partial charge >= 0.3 is 5.69 Å². The summed E-state index contributed by atoms with van der Waals surface area (Å²) < 4.78 is 5.51. The quantitative estimate of drug-likeness (QED) is 0.625. The van der Waals surface area contributed by atoms with Crippen molar-refractivity contribution in [2.75, 3.05) is 12.4 Å². The van der Waals surface area contributed by atoms with Crippen molar-refractivity contribution in [3.8, 4) is 5.75 Å². The Kier molecular flexibility index (Phi) is 5.25. The highest BCUT2D eigenvalue weighted by atomic mass is 35.5. The van der Waals surface area contributed by atoms with Crippen LogP contribution in [0.2, 0.25) is 5.02 Å². The fourth-order valence-corrected chi connectivity index (χ4v) is 2.26. The molecule has 0 aliphatic rings. The molecule has 0 aliphatic carbocycles. The van der Waals surface area contributed by atoms with Crippen molar-refractivity contribution in [1.29, 1.82) is 0 Å². The van der Waals surface area contributed by atoms with E-state index in [-0.39, 0.29) is 5.03 Å². The summed E-state index contributed by atoms with van der Waals surface area (Å²) in [6.07, 6.45) is 0.744. The van der Waals surface area contributed by atoms with Crippen molar-refractivity contribution in [3.63, 3.8) is 0 Å². The van der Waals surface area contributed by atoms with E-state index in [4.69, 9.17) is 16.3 Å². The molecule has 1 heterocycles. The highest BCUT2D eigenvalue weighted by Gasteiger charge is 2.02. The van der Waals surface area contributed by atoms with E-state index in [1.165, 1.54) is 11.8 Å². The topological polar surface area (TPSA) is 87.8 Å². The van der Waals surface area contributed by atoms with Gasteiger partial charge in [0.15, 0.2) is 5.03 Å². The lowest BCUT2D eigenvalue weighted by Gasteiger charge is -2.05. The van der Waals surface area contributed by atoms with Gasteiger partial charge in [0.2, 0.25) is 0 Å². The van der Waals surface area contributed by atoms with Crippen LogP contribution in [-0.2, 0) is 0 Å². The highest BCUT2D eigenvalue weighted by molar-refractivity contribution is 7.99. The Balaban J connectivity index is 1.72. The number of ether oxygens (including phenoxy) is 1. The average molecular weight is 314 g/mol. The minimum absolute atomic E-state index is 0.246. The molecule has 0 spiro atoms. The number of H-pyrrole nitrogens is 2. The first-order valence-electron chi connectivity index (χ1n) is 5.85. The Labute approximate surface area is 123 Å². The molecule has 1 aromatic carbocycles. The molecule has 2 rings (SSSR count). The van der Waals surface area contributed by atoms with Crippen molar-refractivity contribution < 1.29 is 4.74 Å². The zero-order valence-electron chi connectivity index (χ0n) is 10.4. The van der Waals surface area contributed by atoms with Gasteiger partial charge in [0.25, 0.3) is 5.56 Å². The summed E-state index contributed by atoms with van der Waals surface area (Å²) >= 11 is 7.03. The molecule has 8 heteroatoms. The van der Waals surface area contributed by atoms with E-state index in [1.807, 2.05) is 0 Å². The van der Waals surface area contributed by atoms with Crippen LogP contribution in [0.1, 0.15) is 6.42 Å². The molecular weight excluding hydrogens is 302 g/mol. The van der Waals surface area contributed by atoms with Crippen LogP contribution in [0, 0.1) is 0 Å². The van der Waals surface area contributed by atoms with Crippen LogP contribution in [-0.4, -0.2) is 27.5 Å². The number of benzene rings is 1. The summed E-state index contributed by atoms with van der Waals surface area (Å²) in [4.78, 5) is 24.3. The van der Waals surface area contributed by atoms with Gasteiger partial charge in [-0.25, -0.2) is 9.89 Å². The molecule has 0 fully saturated rings. The minimum atomic E-state index is -0.606. The van der Waals surface area contributed by atoms with Gasteiger partial charge in [0.1, 0.15) is 5.75 Å². The number of hydrogen-bond acceptors (Lipinski definition) is 5. The van der Waals surface area contributed by atoms with Gasteiger partial charge in [0.05, 0.1) is 6.61 Å². The molecule has 20 heavy (non-hydrogen) atoms. The lowest BCUT2D eigenvalue weighted by atomic mass is 10.3. The van der Waals surface area contributed by atoms with E-state index >= 15 is 0 Å². The van der Waals surface area contributed by atoms with Crippen molar-refractivity contribution in [2.24, 2.45) is 0 Å². The van der Waals surface area contributed by atoms with Crippen molar-refractivity contribution >= 4 is 23.4 Å². The third-order valence-corrected chi connectivity index (χ3v) is 3.59. The van der Waals surface area contributed by atoms with Crippen LogP contribution >= 0.6 is 23.4 Å². The second-order valence-electron chi connectivity index (χ2n) is 3.82. The third-order valence-electron chi connectivity index (χ3n) is 2.29. The zero-order chi connectivity index (χ0) is 14.4. The van der Waals surface area contributed by atoms with Gasteiger partial charge in [-0.1, -0.05) is 23.4 Å². The molecule has 2 N–H and O–H groups in total. The number of aromatic nitrogens is 3. The molecular formula is C12H12ClN3O3S. The molecule has 0 atom stereocenters. The molecule has 1 aromatic heterocycles. The van der Waals surface area contributed by atoms with Crippen LogP contribution in [0.5, 0.6) is 5.75 Å². The second kappa shape index (κ2) is 7.16. The van der Waals surface area contributed by atoms with Gasteiger partial charge in [-0.15, -0.1) is 0 Å². The molecule has 0 saturated carbocycles. The Bertz CT molecular complexity index is 669. The number of thioether (sulfide) groups is 1. The van der Waals surface area contributed by atoms with Crippen molar-refractivity contribution in [3.05, 3.63) is 50.1 Å². The zero-order valence-corrected chi connectivity index (χ0v) is 12.0. The van der Waals surface area contributed by atoms with Crippen LogP contribution in [0.15, 0.2) is 38.9 Å². The molecule has 2 aromatic rings. The largest absolute Gasteiger partial charge is 0.494 e. The van der Waals surface area contributed by atoms with Gasteiger partial charge in [0, 0.05) is 10.8 Å². The van der Waals surface area contributed by atoms with E-state index in [1.54, 1.807) is 24.3 Å². The third kappa shape index (κ3) is 4.43. The maximum absolute atomic E-state index is 11.4. The number of rotatable bonds is 6. The molecule has 0 bridgehead atoms. The smallest absolute Gasteiger partial charge is 0.342 e. The predicted molar refractivity (Wildman–Crippen MR) is 77.8 cm³/mol. The number of halogens is 1. The summed E-state index contributed by atoms with van der Waals surface area (Å²) in [5.41, 5.74) is -1.08. The number of hydrogen-bond donors (Lipinski definition) is 2. The first-order valence-corrected chi connectivity index (χ1v) is 7.21. The Morgan fingerprint density at radius 2 is 2.00 bits per heavy atom. The van der Waals surface area contributed by atoms with Crippen molar-refractivity contribution in [1.82, 2.24) is 15.2 Å². The fourth-order valence-electron chi connectivity index (χ4n) is 1.38. The highest BCUT2D eigenvalue weighted by Crippen LogP contribution is 2.16. The second-order valence-corrected chi connectivity index (χ2v) is 5.34. The Morgan fingerprint density at radius 3 is 2.70 bits per heavy atom. The SMILES string of the molecule is O=c1[nH]nc(SCCCOc2ccc(Cl)cc2)c(=O)[nH]1. The molecule has 0 unspecified atom stereocenters. The van der Waals surface area contributed by atoms with Crippen molar-refractivity contribution in [2.45, 2.75) is 11.4 Å². The number of nitrogens with one attached hydrogen (secondary N) is 2. The normalized spacial score (nSPS) is 10.4. The van der Waals surface area contributed by atoms with E-state index in [2.05, 4.69) is 15.2 Å². The first-order chi connectivity index (χ1) is 9.65. The predicted octanol–water partition coefficient (Wildman–Crippen LogP) is 1.67. The fraction of sp³-hybridized carbons (Fsp3) is 0.250. The van der Waals surface area contributed by atoms with Crippen LogP contribution < -0.4 is 16.0 Å². The molecule has 6 nitrogen and oxygen atoms in total. The van der Waals surface area contributed by atoms with E-state index < -0.39 is 11.2 Å². The maximum Gasteiger partial charge on any atom is 0.342 e. The summed E-state index contributed by atoms with van der Waals surface area (Å²) in [7, 11) is 0. The van der Waals surface area contributed by atoms with Gasteiger partial charge in [-0.05, 0) is 30.7 Å². The summed E-state index contributed by atoms with van der Waals surface area (Å²) in [5.74, 6) is 1.41. The monoisotopic (exact) mass is 313 g/mol. The van der Waals surface area contributed by atoms with Gasteiger partial charge in [-0.2, -0.15) is 5.10 Å². The number of nitrogens with zero attached hydrogens (tertiary/aromatic N) is 1. The lowest BCUT2D eigenvalue weighted by molar-refractivity contribution is 0.318. The Morgan fingerprint density at radius 1 is 1.25 bits per heavy atom. The van der Waals surface area contributed by atoms with Crippen LogP contribution in [0.25, 0.3) is 0 Å². The number of aromatic amines is 2. The molecule has 0 amide bonds. The molecule has 0 aliphatic heterocycles. The molecule has 0 radical (unpaired) electrons. The minimum Gasteiger partial charge on any atom is -0.494 e. The summed E-state index contributed by atoms with van der Waals surface area (Å²) in [6, 6.07) is 7.11. The van der Waals surface area contributed by atoms with E-state index in [0.29, 0.717) is 17.4 Å². The standard InChI is InChI=1S/C12H12ClN3O3S/c13-8-2-4-9(5-3-8)19-6-1-7-20-11-10(17)14-12(18)16-15-11/h2-5H,1,6-7H2,(H2,14,16,17,18). The maximum atomic E-state index is 11.4.